The molecule has 3 nitrogen and oxygen atoms in total. The Hall–Kier alpha value is -1.22. The highest BCUT2D eigenvalue weighted by Gasteiger charge is 2.04. The van der Waals surface area contributed by atoms with Crippen LogP contribution in [-0.2, 0) is 4.79 Å². The van der Waals surface area contributed by atoms with Crippen molar-refractivity contribution in [3.63, 3.8) is 0 Å². The van der Waals surface area contributed by atoms with E-state index in [9.17, 15) is 4.79 Å². The number of hydrogen-bond donors (Lipinski definition) is 2. The second kappa shape index (κ2) is 10.5. The lowest BCUT2D eigenvalue weighted by molar-refractivity contribution is -0.115. The fourth-order valence-corrected chi connectivity index (χ4v) is 2.30. The summed E-state index contributed by atoms with van der Waals surface area (Å²) < 4.78 is 0. The van der Waals surface area contributed by atoms with Crippen molar-refractivity contribution in [1.82, 2.24) is 0 Å². The number of unbranched alkanes of at least 4 members (excludes halogenated alkanes) is 5. The number of carbonyl (C=O) groups is 1. The molecule has 0 fully saturated rings. The van der Waals surface area contributed by atoms with E-state index in [1.807, 2.05) is 25.1 Å². The van der Waals surface area contributed by atoms with Crippen LogP contribution in [0, 0.1) is 0 Å². The molecule has 21 heavy (non-hydrogen) atoms. The first-order valence-corrected chi connectivity index (χ1v) is 8.38. The van der Waals surface area contributed by atoms with Crippen LogP contribution in [0.15, 0.2) is 18.2 Å². The molecule has 0 saturated heterocycles. The molecule has 0 aliphatic heterocycles. The second-order valence-corrected chi connectivity index (χ2v) is 5.70. The third kappa shape index (κ3) is 7.37. The van der Waals surface area contributed by atoms with E-state index in [-0.39, 0.29) is 5.91 Å². The average Bonchev–Trinajstić information content (AvgIpc) is 2.49. The summed E-state index contributed by atoms with van der Waals surface area (Å²) in [4.78, 5) is 11.4. The number of anilines is 2. The molecule has 2 N–H and O–H groups in total. The van der Waals surface area contributed by atoms with Gasteiger partial charge in [-0.2, -0.15) is 0 Å². The zero-order chi connectivity index (χ0) is 15.5. The maximum Gasteiger partial charge on any atom is 0.224 e. The fraction of sp³-hybridized carbons (Fsp3) is 0.588. The molecule has 1 rings (SSSR count). The minimum absolute atomic E-state index is 0.0131. The highest BCUT2D eigenvalue weighted by molar-refractivity contribution is 6.33. The van der Waals surface area contributed by atoms with Crippen molar-refractivity contribution in [2.45, 2.75) is 58.8 Å². The number of carbonyl (C=O) groups excluding carboxylic acids is 1. The van der Waals surface area contributed by atoms with Crippen LogP contribution in [0.2, 0.25) is 5.02 Å². The van der Waals surface area contributed by atoms with E-state index in [0.717, 1.165) is 24.3 Å². The quantitative estimate of drug-likeness (QED) is 0.563. The first-order chi connectivity index (χ1) is 10.2. The lowest BCUT2D eigenvalue weighted by Gasteiger charge is -2.11. The van der Waals surface area contributed by atoms with Gasteiger partial charge in [-0.05, 0) is 24.6 Å². The topological polar surface area (TPSA) is 41.1 Å². The number of benzene rings is 1. The van der Waals surface area contributed by atoms with Gasteiger partial charge in [-0.3, -0.25) is 4.79 Å². The monoisotopic (exact) mass is 310 g/mol. The molecule has 0 saturated carbocycles. The highest BCUT2D eigenvalue weighted by atomic mass is 35.5. The molecule has 1 amide bonds. The number of halogens is 1. The van der Waals surface area contributed by atoms with Gasteiger partial charge in [0.1, 0.15) is 0 Å². The van der Waals surface area contributed by atoms with Gasteiger partial charge in [0, 0.05) is 18.7 Å². The molecule has 0 radical (unpaired) electrons. The maximum atomic E-state index is 11.4. The molecular weight excluding hydrogens is 284 g/mol. The van der Waals surface area contributed by atoms with Crippen LogP contribution in [0.25, 0.3) is 0 Å². The fourth-order valence-electron chi connectivity index (χ4n) is 2.12. The van der Waals surface area contributed by atoms with Crippen LogP contribution in [0.3, 0.4) is 0 Å². The largest absolute Gasteiger partial charge is 0.384 e. The first-order valence-electron chi connectivity index (χ1n) is 8.00. The summed E-state index contributed by atoms with van der Waals surface area (Å²) in [5.74, 6) is 0.0131. The molecule has 0 aliphatic rings. The van der Waals surface area contributed by atoms with E-state index < -0.39 is 0 Å². The first kappa shape index (κ1) is 17.8. The third-order valence-electron chi connectivity index (χ3n) is 3.42. The molecule has 0 atom stereocenters. The summed E-state index contributed by atoms with van der Waals surface area (Å²) in [6, 6.07) is 5.54. The zero-order valence-corrected chi connectivity index (χ0v) is 13.9. The Balaban J connectivity index is 2.36. The van der Waals surface area contributed by atoms with E-state index in [1.165, 1.54) is 32.1 Å². The van der Waals surface area contributed by atoms with Crippen molar-refractivity contribution >= 4 is 28.9 Å². The van der Waals surface area contributed by atoms with Crippen molar-refractivity contribution in [3.8, 4) is 0 Å². The van der Waals surface area contributed by atoms with Gasteiger partial charge in [0.2, 0.25) is 5.91 Å². The number of hydrogen-bond acceptors (Lipinski definition) is 2. The Kier molecular flexibility index (Phi) is 8.91. The molecule has 118 valence electrons. The van der Waals surface area contributed by atoms with E-state index in [1.54, 1.807) is 0 Å². The Morgan fingerprint density at radius 2 is 1.81 bits per heavy atom. The molecule has 4 heteroatoms. The standard InChI is InChI=1S/C17H27ClN2O/c1-3-5-6-7-8-9-12-19-16-13-14(10-11-15(16)18)20-17(21)4-2/h10-11,13,19H,3-9,12H2,1-2H3,(H,20,21). The number of rotatable bonds is 10. The van der Waals surface area contributed by atoms with Crippen molar-refractivity contribution in [2.24, 2.45) is 0 Å². The van der Waals surface area contributed by atoms with Crippen LogP contribution in [0.1, 0.15) is 58.8 Å². The molecule has 0 heterocycles. The van der Waals surface area contributed by atoms with Gasteiger partial charge in [0.25, 0.3) is 0 Å². The predicted octanol–water partition coefficient (Wildman–Crippen LogP) is 5.46. The summed E-state index contributed by atoms with van der Waals surface area (Å²) in [7, 11) is 0. The molecule has 1 aromatic rings. The second-order valence-electron chi connectivity index (χ2n) is 5.29. The Bertz CT molecular complexity index is 435. The van der Waals surface area contributed by atoms with E-state index in [0.29, 0.717) is 11.4 Å². The molecular formula is C17H27ClN2O. The van der Waals surface area contributed by atoms with Gasteiger partial charge in [-0.15, -0.1) is 0 Å². The smallest absolute Gasteiger partial charge is 0.224 e. The number of amides is 1. The van der Waals surface area contributed by atoms with Gasteiger partial charge in [0.05, 0.1) is 10.7 Å². The van der Waals surface area contributed by atoms with Crippen LogP contribution in [0.5, 0.6) is 0 Å². The molecule has 0 aliphatic carbocycles. The minimum Gasteiger partial charge on any atom is -0.384 e. The van der Waals surface area contributed by atoms with Gasteiger partial charge in [-0.1, -0.05) is 57.6 Å². The van der Waals surface area contributed by atoms with Crippen molar-refractivity contribution < 1.29 is 4.79 Å². The summed E-state index contributed by atoms with van der Waals surface area (Å²) in [6.07, 6.45) is 8.11. The molecule has 0 bridgehead atoms. The summed E-state index contributed by atoms with van der Waals surface area (Å²) in [5.41, 5.74) is 1.68. The van der Waals surface area contributed by atoms with Crippen LogP contribution in [-0.4, -0.2) is 12.5 Å². The lowest BCUT2D eigenvalue weighted by atomic mass is 10.1. The third-order valence-corrected chi connectivity index (χ3v) is 3.75. The van der Waals surface area contributed by atoms with E-state index in [2.05, 4.69) is 17.6 Å². The Morgan fingerprint density at radius 1 is 1.10 bits per heavy atom. The Morgan fingerprint density at radius 3 is 2.52 bits per heavy atom. The van der Waals surface area contributed by atoms with E-state index >= 15 is 0 Å². The molecule has 1 aromatic carbocycles. The van der Waals surface area contributed by atoms with Crippen LogP contribution < -0.4 is 10.6 Å². The zero-order valence-electron chi connectivity index (χ0n) is 13.2. The minimum atomic E-state index is 0.0131. The predicted molar refractivity (Wildman–Crippen MR) is 92.2 cm³/mol. The number of nitrogens with one attached hydrogen (secondary N) is 2. The van der Waals surface area contributed by atoms with E-state index in [4.69, 9.17) is 11.6 Å². The molecule has 0 spiro atoms. The summed E-state index contributed by atoms with van der Waals surface area (Å²) in [5, 5.41) is 6.89. The molecule has 0 unspecified atom stereocenters. The van der Waals surface area contributed by atoms with Gasteiger partial charge in [0.15, 0.2) is 0 Å². The molecule has 0 aromatic heterocycles. The average molecular weight is 311 g/mol. The van der Waals surface area contributed by atoms with Gasteiger partial charge in [-0.25, -0.2) is 0 Å². The summed E-state index contributed by atoms with van der Waals surface area (Å²) >= 11 is 6.17. The summed E-state index contributed by atoms with van der Waals surface area (Å²) in [6.45, 7) is 4.98. The lowest BCUT2D eigenvalue weighted by Crippen LogP contribution is -2.10. The van der Waals surface area contributed by atoms with Crippen LogP contribution >= 0.6 is 11.6 Å². The Labute approximate surface area is 133 Å². The van der Waals surface area contributed by atoms with Crippen molar-refractivity contribution in [1.29, 1.82) is 0 Å². The normalized spacial score (nSPS) is 10.4. The highest BCUT2D eigenvalue weighted by Crippen LogP contribution is 2.25. The van der Waals surface area contributed by atoms with Crippen LogP contribution in [0.4, 0.5) is 11.4 Å². The van der Waals surface area contributed by atoms with Crippen molar-refractivity contribution in [2.75, 3.05) is 17.2 Å². The SMILES string of the molecule is CCCCCCCCNc1cc(NC(=O)CC)ccc1Cl. The van der Waals surface area contributed by atoms with Gasteiger partial charge < -0.3 is 10.6 Å². The van der Waals surface area contributed by atoms with Crippen molar-refractivity contribution in [3.05, 3.63) is 23.2 Å². The van der Waals surface area contributed by atoms with Gasteiger partial charge >= 0.3 is 0 Å². The maximum absolute atomic E-state index is 11.4.